The zero-order valence-corrected chi connectivity index (χ0v) is 15.0. The molecule has 2 aromatic rings. The molecule has 0 heterocycles. The Morgan fingerprint density at radius 3 is 2.52 bits per heavy atom. The second-order valence-electron chi connectivity index (χ2n) is 5.67. The zero-order chi connectivity index (χ0) is 18.2. The molecule has 1 atom stereocenters. The van der Waals surface area contributed by atoms with E-state index in [0.29, 0.717) is 16.3 Å². The van der Waals surface area contributed by atoms with E-state index in [2.05, 4.69) is 10.6 Å². The quantitative estimate of drug-likeness (QED) is 0.747. The molecule has 0 bridgehead atoms. The van der Waals surface area contributed by atoms with Crippen LogP contribution in [0.15, 0.2) is 54.6 Å². The fourth-order valence-corrected chi connectivity index (χ4v) is 2.34. The normalized spacial score (nSPS) is 12.0. The first-order valence-corrected chi connectivity index (χ1v) is 8.52. The molecule has 0 saturated carbocycles. The minimum Gasteiger partial charge on any atom is -0.350 e. The molecule has 0 radical (unpaired) electrons. The molecular weight excluding hydrogens is 336 g/mol. The van der Waals surface area contributed by atoms with Gasteiger partial charge in [-0.2, -0.15) is 0 Å². The van der Waals surface area contributed by atoms with Crippen LogP contribution < -0.4 is 10.6 Å². The summed E-state index contributed by atoms with van der Waals surface area (Å²) in [7, 11) is 0. The summed E-state index contributed by atoms with van der Waals surface area (Å²) in [6.07, 6.45) is 3.87. The van der Waals surface area contributed by atoms with Crippen LogP contribution in [0.3, 0.4) is 0 Å². The molecule has 0 aliphatic rings. The van der Waals surface area contributed by atoms with E-state index in [9.17, 15) is 9.59 Å². The van der Waals surface area contributed by atoms with Crippen molar-refractivity contribution in [1.82, 2.24) is 5.32 Å². The average molecular weight is 357 g/mol. The van der Waals surface area contributed by atoms with Gasteiger partial charge in [0.15, 0.2) is 0 Å². The Balaban J connectivity index is 2.11. The number of carbonyl (C=O) groups excluding carboxylic acids is 2. The van der Waals surface area contributed by atoms with Crippen molar-refractivity contribution in [3.8, 4) is 0 Å². The molecule has 2 N–H and O–H groups in total. The number of halogens is 1. The van der Waals surface area contributed by atoms with Gasteiger partial charge in [0.05, 0.1) is 11.3 Å². The van der Waals surface area contributed by atoms with Crippen molar-refractivity contribution in [2.24, 2.45) is 0 Å². The van der Waals surface area contributed by atoms with Crippen molar-refractivity contribution >= 4 is 35.2 Å². The largest absolute Gasteiger partial charge is 0.350 e. The maximum absolute atomic E-state index is 12.3. The predicted octanol–water partition coefficient (Wildman–Crippen LogP) is 4.52. The van der Waals surface area contributed by atoms with Crippen LogP contribution in [0.2, 0.25) is 5.02 Å². The molecule has 1 unspecified atom stereocenters. The van der Waals surface area contributed by atoms with Gasteiger partial charge in [-0.1, -0.05) is 48.9 Å². The Kier molecular flexibility index (Phi) is 6.78. The van der Waals surface area contributed by atoms with Crippen LogP contribution in [0.5, 0.6) is 0 Å². The van der Waals surface area contributed by atoms with Crippen molar-refractivity contribution in [1.29, 1.82) is 0 Å². The van der Waals surface area contributed by atoms with Crippen LogP contribution in [0, 0.1) is 0 Å². The summed E-state index contributed by atoms with van der Waals surface area (Å²) in [4.78, 5) is 24.5. The molecule has 5 heteroatoms. The van der Waals surface area contributed by atoms with Gasteiger partial charge in [-0.3, -0.25) is 9.59 Å². The fraction of sp³-hybridized carbons (Fsp3) is 0.200. The lowest BCUT2D eigenvalue weighted by atomic mass is 10.1. The second-order valence-corrected chi connectivity index (χ2v) is 6.08. The third-order valence-corrected chi connectivity index (χ3v) is 4.08. The lowest BCUT2D eigenvalue weighted by molar-refractivity contribution is -0.111. The smallest absolute Gasteiger partial charge is 0.253 e. The SMILES string of the molecule is CCC(C)NC(=O)c1ccccc1NC(=O)/C=C/c1ccccc1Cl. The number of benzene rings is 2. The Hall–Kier alpha value is -2.59. The Bertz CT molecular complexity index is 787. The molecule has 0 aliphatic carbocycles. The Morgan fingerprint density at radius 2 is 1.80 bits per heavy atom. The first-order chi connectivity index (χ1) is 12.0. The molecule has 0 aromatic heterocycles. The molecule has 25 heavy (non-hydrogen) atoms. The highest BCUT2D eigenvalue weighted by atomic mass is 35.5. The van der Waals surface area contributed by atoms with E-state index in [0.717, 1.165) is 12.0 Å². The fourth-order valence-electron chi connectivity index (χ4n) is 2.14. The number of anilines is 1. The number of carbonyl (C=O) groups is 2. The first-order valence-electron chi connectivity index (χ1n) is 8.14. The molecule has 2 aromatic carbocycles. The molecule has 0 aliphatic heterocycles. The van der Waals surface area contributed by atoms with E-state index in [-0.39, 0.29) is 17.9 Å². The van der Waals surface area contributed by atoms with Crippen molar-refractivity contribution < 1.29 is 9.59 Å². The molecule has 0 spiro atoms. The topological polar surface area (TPSA) is 58.2 Å². The van der Waals surface area contributed by atoms with Crippen LogP contribution in [0.1, 0.15) is 36.2 Å². The number of para-hydroxylation sites is 1. The summed E-state index contributed by atoms with van der Waals surface area (Å²) >= 11 is 6.06. The van der Waals surface area contributed by atoms with Gasteiger partial charge in [-0.05, 0) is 43.2 Å². The Labute approximate surface area is 152 Å². The highest BCUT2D eigenvalue weighted by Gasteiger charge is 2.13. The van der Waals surface area contributed by atoms with Crippen molar-refractivity contribution in [2.45, 2.75) is 26.3 Å². The van der Waals surface area contributed by atoms with Crippen LogP contribution in [0.25, 0.3) is 6.08 Å². The summed E-state index contributed by atoms with van der Waals surface area (Å²) in [6.45, 7) is 3.93. The number of hydrogen-bond donors (Lipinski definition) is 2. The van der Waals surface area contributed by atoms with E-state index < -0.39 is 0 Å². The highest BCUT2D eigenvalue weighted by molar-refractivity contribution is 6.32. The zero-order valence-electron chi connectivity index (χ0n) is 14.3. The van der Waals surface area contributed by atoms with E-state index in [4.69, 9.17) is 11.6 Å². The van der Waals surface area contributed by atoms with E-state index in [1.807, 2.05) is 32.0 Å². The van der Waals surface area contributed by atoms with Crippen molar-refractivity contribution in [3.05, 3.63) is 70.8 Å². The summed E-state index contributed by atoms with van der Waals surface area (Å²) < 4.78 is 0. The maximum Gasteiger partial charge on any atom is 0.253 e. The summed E-state index contributed by atoms with van der Waals surface area (Å²) in [5, 5.41) is 6.21. The average Bonchev–Trinajstić information content (AvgIpc) is 2.61. The van der Waals surface area contributed by atoms with Gasteiger partial charge in [-0.15, -0.1) is 0 Å². The highest BCUT2D eigenvalue weighted by Crippen LogP contribution is 2.18. The van der Waals surface area contributed by atoms with Crippen LogP contribution >= 0.6 is 11.6 Å². The third kappa shape index (κ3) is 5.47. The Morgan fingerprint density at radius 1 is 1.12 bits per heavy atom. The van der Waals surface area contributed by atoms with E-state index in [1.165, 1.54) is 6.08 Å². The summed E-state index contributed by atoms with van der Waals surface area (Å²) in [5.74, 6) is -0.538. The number of amides is 2. The molecule has 0 saturated heterocycles. The van der Waals surface area contributed by atoms with Gasteiger partial charge in [0.1, 0.15) is 0 Å². The summed E-state index contributed by atoms with van der Waals surface area (Å²) in [6, 6.07) is 14.2. The monoisotopic (exact) mass is 356 g/mol. The molecule has 0 fully saturated rings. The maximum atomic E-state index is 12.3. The number of rotatable bonds is 6. The second kappa shape index (κ2) is 9.04. The van der Waals surface area contributed by atoms with Crippen LogP contribution in [-0.4, -0.2) is 17.9 Å². The minimum absolute atomic E-state index is 0.0661. The van der Waals surface area contributed by atoms with Crippen LogP contribution in [-0.2, 0) is 4.79 Å². The minimum atomic E-state index is -0.330. The van der Waals surface area contributed by atoms with Crippen molar-refractivity contribution in [3.63, 3.8) is 0 Å². The molecular formula is C20H21ClN2O2. The number of nitrogens with one attached hydrogen (secondary N) is 2. The molecule has 2 amide bonds. The lowest BCUT2D eigenvalue weighted by Crippen LogP contribution is -2.32. The van der Waals surface area contributed by atoms with Gasteiger partial charge in [0.2, 0.25) is 5.91 Å². The first kappa shape index (κ1) is 18.7. The third-order valence-electron chi connectivity index (χ3n) is 3.74. The molecule has 4 nitrogen and oxygen atoms in total. The standard InChI is InChI=1S/C20H21ClN2O2/c1-3-14(2)22-20(25)16-9-5-7-11-18(16)23-19(24)13-12-15-8-4-6-10-17(15)21/h4-14H,3H2,1-2H3,(H,22,25)(H,23,24)/b13-12+. The van der Waals surface area contributed by atoms with Gasteiger partial charge in [0.25, 0.3) is 5.91 Å². The van der Waals surface area contributed by atoms with E-state index >= 15 is 0 Å². The van der Waals surface area contributed by atoms with Gasteiger partial charge >= 0.3 is 0 Å². The molecule has 2 rings (SSSR count). The molecule has 130 valence electrons. The van der Waals surface area contributed by atoms with Gasteiger partial charge < -0.3 is 10.6 Å². The van der Waals surface area contributed by atoms with Crippen molar-refractivity contribution in [2.75, 3.05) is 5.32 Å². The van der Waals surface area contributed by atoms with E-state index in [1.54, 1.807) is 36.4 Å². The lowest BCUT2D eigenvalue weighted by Gasteiger charge is -2.14. The number of hydrogen-bond acceptors (Lipinski definition) is 2. The predicted molar refractivity (Wildman–Crippen MR) is 103 cm³/mol. The van der Waals surface area contributed by atoms with Gasteiger partial charge in [-0.25, -0.2) is 0 Å². The summed E-state index contributed by atoms with van der Waals surface area (Å²) in [5.41, 5.74) is 1.65. The van der Waals surface area contributed by atoms with Crippen LogP contribution in [0.4, 0.5) is 5.69 Å². The van der Waals surface area contributed by atoms with Gasteiger partial charge in [0, 0.05) is 17.1 Å².